The van der Waals surface area contributed by atoms with Gasteiger partial charge >= 0.3 is 12.4 Å². The summed E-state index contributed by atoms with van der Waals surface area (Å²) in [5.74, 6) is 0.127. The number of hydrogen-bond donors (Lipinski definition) is 3. The lowest BCUT2D eigenvalue weighted by atomic mass is 9.71. The van der Waals surface area contributed by atoms with Crippen LogP contribution in [0.4, 0.5) is 29.6 Å². The van der Waals surface area contributed by atoms with Crippen LogP contribution in [0.1, 0.15) is 74.8 Å². The summed E-state index contributed by atoms with van der Waals surface area (Å²) in [6.07, 6.45) is -0.899. The lowest BCUT2D eigenvalue weighted by molar-refractivity contribution is -0.274. The van der Waals surface area contributed by atoms with Crippen molar-refractivity contribution in [1.29, 1.82) is 0 Å². The van der Waals surface area contributed by atoms with Crippen LogP contribution in [0.3, 0.4) is 0 Å². The molecule has 3 aromatic rings. The minimum absolute atomic E-state index is 0.0277. The van der Waals surface area contributed by atoms with Crippen LogP contribution in [0, 0.1) is 11.3 Å². The molecule has 14 heteroatoms. The SMILES string of the molecule is CC(C)(C)C1CCC(N(C(=O)Nc2cccc(OC(F)(F)F)c2)C2CCOc3cc(C(=O)Nc4nn[nH]n4)ccc32)CC1. The van der Waals surface area contributed by atoms with Gasteiger partial charge in [-0.05, 0) is 66.5 Å². The number of benzene rings is 2. The molecule has 1 unspecified atom stereocenters. The van der Waals surface area contributed by atoms with Crippen molar-refractivity contribution in [3.8, 4) is 11.5 Å². The van der Waals surface area contributed by atoms with Crippen LogP contribution in [-0.4, -0.2) is 56.5 Å². The number of ether oxygens (including phenoxy) is 2. The number of aromatic amines is 1. The van der Waals surface area contributed by atoms with Gasteiger partial charge in [-0.15, -0.1) is 18.3 Å². The van der Waals surface area contributed by atoms with Crippen molar-refractivity contribution >= 4 is 23.6 Å². The van der Waals surface area contributed by atoms with Crippen LogP contribution in [0.25, 0.3) is 0 Å². The average molecular weight is 602 g/mol. The van der Waals surface area contributed by atoms with Crippen molar-refractivity contribution < 1.29 is 32.2 Å². The number of halogens is 3. The fraction of sp³-hybridized carbons (Fsp3) is 0.483. The monoisotopic (exact) mass is 601 g/mol. The molecule has 11 nitrogen and oxygen atoms in total. The smallest absolute Gasteiger partial charge is 0.493 e. The first-order valence-electron chi connectivity index (χ1n) is 14.1. The number of carbonyl (C=O) groups is 2. The van der Waals surface area contributed by atoms with E-state index >= 15 is 0 Å². The van der Waals surface area contributed by atoms with Crippen molar-refractivity contribution in [3.63, 3.8) is 0 Å². The van der Waals surface area contributed by atoms with Crippen LogP contribution in [0.2, 0.25) is 0 Å². The fourth-order valence-corrected chi connectivity index (χ4v) is 5.93. The zero-order valence-corrected chi connectivity index (χ0v) is 24.1. The summed E-state index contributed by atoms with van der Waals surface area (Å²) >= 11 is 0. The second kappa shape index (κ2) is 12.1. The van der Waals surface area contributed by atoms with E-state index in [2.05, 4.69) is 56.8 Å². The van der Waals surface area contributed by atoms with E-state index in [1.54, 1.807) is 23.1 Å². The maximum absolute atomic E-state index is 14.0. The molecular weight excluding hydrogens is 567 g/mol. The lowest BCUT2D eigenvalue weighted by Crippen LogP contribution is -2.48. The molecule has 1 aliphatic heterocycles. The van der Waals surface area contributed by atoms with Crippen LogP contribution < -0.4 is 20.1 Å². The average Bonchev–Trinajstić information content (AvgIpc) is 3.45. The van der Waals surface area contributed by atoms with Gasteiger partial charge in [-0.2, -0.15) is 5.21 Å². The number of aromatic nitrogens is 4. The van der Waals surface area contributed by atoms with E-state index in [-0.39, 0.29) is 29.1 Å². The van der Waals surface area contributed by atoms with E-state index in [9.17, 15) is 22.8 Å². The van der Waals surface area contributed by atoms with Gasteiger partial charge < -0.3 is 19.7 Å². The minimum atomic E-state index is -4.85. The summed E-state index contributed by atoms with van der Waals surface area (Å²) in [5.41, 5.74) is 1.37. The summed E-state index contributed by atoms with van der Waals surface area (Å²) in [5, 5.41) is 18.5. The Hall–Kier alpha value is -4.36. The molecule has 1 aromatic heterocycles. The molecule has 1 aliphatic carbocycles. The number of nitrogens with one attached hydrogen (secondary N) is 3. The molecule has 43 heavy (non-hydrogen) atoms. The van der Waals surface area contributed by atoms with Gasteiger partial charge in [0.1, 0.15) is 11.5 Å². The van der Waals surface area contributed by atoms with Gasteiger partial charge in [0.15, 0.2) is 0 Å². The second-order valence-electron chi connectivity index (χ2n) is 11.9. The Morgan fingerprint density at radius 1 is 1.02 bits per heavy atom. The third kappa shape index (κ3) is 7.35. The minimum Gasteiger partial charge on any atom is -0.493 e. The largest absolute Gasteiger partial charge is 0.573 e. The maximum Gasteiger partial charge on any atom is 0.573 e. The summed E-state index contributed by atoms with van der Waals surface area (Å²) in [6, 6.07) is 9.32. The van der Waals surface area contributed by atoms with Crippen molar-refractivity contribution in [2.45, 2.75) is 71.3 Å². The number of tetrazole rings is 1. The molecule has 3 N–H and O–H groups in total. The van der Waals surface area contributed by atoms with E-state index in [1.807, 2.05) is 0 Å². The summed E-state index contributed by atoms with van der Waals surface area (Å²) < 4.78 is 48.4. The number of rotatable bonds is 6. The lowest BCUT2D eigenvalue weighted by Gasteiger charge is -2.45. The van der Waals surface area contributed by atoms with Gasteiger partial charge in [0.2, 0.25) is 0 Å². The Balaban J connectivity index is 1.41. The first-order chi connectivity index (χ1) is 20.4. The normalized spacial score (nSPS) is 20.4. The number of anilines is 2. The molecule has 2 heterocycles. The van der Waals surface area contributed by atoms with Gasteiger partial charge in [-0.1, -0.05) is 38.0 Å². The highest BCUT2D eigenvalue weighted by molar-refractivity contribution is 6.03. The van der Waals surface area contributed by atoms with Gasteiger partial charge in [0.05, 0.1) is 12.6 Å². The Bertz CT molecular complexity index is 1430. The van der Waals surface area contributed by atoms with Gasteiger partial charge in [-0.25, -0.2) is 4.79 Å². The second-order valence-corrected chi connectivity index (χ2v) is 11.9. The van der Waals surface area contributed by atoms with Crippen LogP contribution >= 0.6 is 0 Å². The Morgan fingerprint density at radius 2 is 1.79 bits per heavy atom. The summed E-state index contributed by atoms with van der Waals surface area (Å²) in [6.45, 7) is 6.97. The molecule has 1 atom stereocenters. The highest BCUT2D eigenvalue weighted by Crippen LogP contribution is 2.44. The van der Waals surface area contributed by atoms with E-state index in [4.69, 9.17) is 4.74 Å². The van der Waals surface area contributed by atoms with E-state index in [0.717, 1.165) is 37.3 Å². The Labute approximate surface area is 246 Å². The van der Waals surface area contributed by atoms with Crippen LogP contribution in [0.15, 0.2) is 42.5 Å². The number of hydrogen-bond acceptors (Lipinski definition) is 7. The third-order valence-corrected chi connectivity index (χ3v) is 8.06. The number of fused-ring (bicyclic) bond motifs is 1. The molecule has 0 saturated heterocycles. The molecule has 0 spiro atoms. The molecular formula is C29H34F3N7O4. The standard InChI is InChI=1S/C29H34F3N7O4/c1-28(2,3)18-8-10-20(11-9-18)39(27(41)33-19-5-4-6-21(16-19)43-29(30,31)32)23-13-14-42-24-15-17(7-12-22(23)24)25(40)34-26-35-37-38-36-26/h4-7,12,15-16,18,20,23H,8-11,13-14H2,1-3H3,(H,33,41)(H2,34,35,36,37,38,40). The molecule has 230 valence electrons. The van der Waals surface area contributed by atoms with Gasteiger partial charge in [0, 0.05) is 35.3 Å². The zero-order chi connectivity index (χ0) is 30.8. The van der Waals surface area contributed by atoms with Gasteiger partial charge in [0.25, 0.3) is 11.9 Å². The highest BCUT2D eigenvalue weighted by Gasteiger charge is 2.39. The van der Waals surface area contributed by atoms with Crippen molar-refractivity contribution in [3.05, 3.63) is 53.6 Å². The molecule has 1 fully saturated rings. The molecule has 1 saturated carbocycles. The molecule has 2 aromatic carbocycles. The molecule has 5 rings (SSSR count). The first kappa shape index (κ1) is 30.1. The van der Waals surface area contributed by atoms with Crippen LogP contribution in [0.5, 0.6) is 11.5 Å². The number of alkyl halides is 3. The van der Waals surface area contributed by atoms with Crippen molar-refractivity contribution in [1.82, 2.24) is 25.5 Å². The Kier molecular flexibility index (Phi) is 8.47. The number of amides is 3. The molecule has 0 bridgehead atoms. The molecule has 0 radical (unpaired) electrons. The van der Waals surface area contributed by atoms with Crippen LogP contribution in [-0.2, 0) is 0 Å². The summed E-state index contributed by atoms with van der Waals surface area (Å²) in [4.78, 5) is 28.5. The number of urea groups is 1. The van der Waals surface area contributed by atoms with Gasteiger partial charge in [-0.3, -0.25) is 10.1 Å². The molecule has 3 amide bonds. The predicted octanol–water partition coefficient (Wildman–Crippen LogP) is 6.31. The fourth-order valence-electron chi connectivity index (χ4n) is 5.93. The Morgan fingerprint density at radius 3 is 2.47 bits per heavy atom. The molecule has 2 aliphatic rings. The number of H-pyrrole nitrogens is 1. The zero-order valence-electron chi connectivity index (χ0n) is 24.1. The van der Waals surface area contributed by atoms with E-state index < -0.39 is 24.1 Å². The van der Waals surface area contributed by atoms with E-state index in [1.165, 1.54) is 18.2 Å². The predicted molar refractivity (Wildman–Crippen MR) is 151 cm³/mol. The first-order valence-corrected chi connectivity index (χ1v) is 14.1. The maximum atomic E-state index is 14.0. The quantitative estimate of drug-likeness (QED) is 0.301. The van der Waals surface area contributed by atoms with E-state index in [0.29, 0.717) is 30.3 Å². The topological polar surface area (TPSA) is 134 Å². The third-order valence-electron chi connectivity index (χ3n) is 8.06. The number of nitrogens with zero attached hydrogens (tertiary/aromatic N) is 4. The highest BCUT2D eigenvalue weighted by atomic mass is 19.4. The van der Waals surface area contributed by atoms with Crippen molar-refractivity contribution in [2.75, 3.05) is 17.2 Å². The summed E-state index contributed by atoms with van der Waals surface area (Å²) in [7, 11) is 0. The van der Waals surface area contributed by atoms with Crippen molar-refractivity contribution in [2.24, 2.45) is 11.3 Å². The number of carbonyl (C=O) groups excluding carboxylic acids is 2.